The summed E-state index contributed by atoms with van der Waals surface area (Å²) in [6.45, 7) is 9.72. The number of benzene rings is 8. The Morgan fingerprint density at radius 1 is 0.476 bits per heavy atom. The highest BCUT2D eigenvalue weighted by molar-refractivity contribution is 7.26. The van der Waals surface area contributed by atoms with Gasteiger partial charge in [0.05, 0.1) is 38.0 Å². The maximum Gasteiger partial charge on any atom is 0.235 e. The number of fused-ring (bicyclic) bond motifs is 13. The summed E-state index contributed by atoms with van der Waals surface area (Å²) in [6, 6.07) is 62.3. The first-order valence-electron chi connectivity index (χ1n) is 22.1. The lowest BCUT2D eigenvalue weighted by Crippen LogP contribution is -2.33. The molecule has 0 aliphatic heterocycles. The Balaban J connectivity index is 1.21. The van der Waals surface area contributed by atoms with Crippen LogP contribution in [-0.2, 0) is 10.8 Å². The zero-order valence-electron chi connectivity index (χ0n) is 35.8. The summed E-state index contributed by atoms with van der Waals surface area (Å²) < 4.78 is 7.19. The van der Waals surface area contributed by atoms with Crippen molar-refractivity contribution in [2.75, 3.05) is 0 Å². The van der Waals surface area contributed by atoms with Crippen LogP contribution in [-0.4, -0.2) is 19.1 Å². The van der Waals surface area contributed by atoms with Gasteiger partial charge in [-0.1, -0.05) is 149 Å². The Labute approximate surface area is 369 Å². The molecule has 302 valence electrons. The zero-order valence-corrected chi connectivity index (χ0v) is 36.6. The van der Waals surface area contributed by atoms with E-state index in [1.165, 1.54) is 70.3 Å². The van der Waals surface area contributed by atoms with Crippen molar-refractivity contribution in [3.8, 4) is 34.0 Å². The van der Waals surface area contributed by atoms with E-state index in [9.17, 15) is 0 Å². The minimum Gasteiger partial charge on any atom is -0.309 e. The van der Waals surface area contributed by atoms with Gasteiger partial charge >= 0.3 is 0 Å². The van der Waals surface area contributed by atoms with Gasteiger partial charge in [-0.15, -0.1) is 11.3 Å². The number of rotatable bonds is 4. The van der Waals surface area contributed by atoms with Crippen molar-refractivity contribution in [2.24, 2.45) is 0 Å². The summed E-state index contributed by atoms with van der Waals surface area (Å²) in [6.07, 6.45) is 2.27. The first kappa shape index (κ1) is 36.6. The third-order valence-electron chi connectivity index (χ3n) is 14.2. The second-order valence-electron chi connectivity index (χ2n) is 18.8. The van der Waals surface area contributed by atoms with Gasteiger partial charge in [0, 0.05) is 48.3 Å². The van der Waals surface area contributed by atoms with Crippen LogP contribution >= 0.6 is 11.3 Å². The molecule has 0 unspecified atom stereocenters. The van der Waals surface area contributed by atoms with Gasteiger partial charge in [0.15, 0.2) is 0 Å². The molecule has 13 rings (SSSR count). The second kappa shape index (κ2) is 13.2. The second-order valence-corrected chi connectivity index (χ2v) is 19.9. The minimum atomic E-state index is 0.00924. The molecule has 4 heterocycles. The van der Waals surface area contributed by atoms with Gasteiger partial charge in [0.1, 0.15) is 0 Å². The van der Waals surface area contributed by atoms with E-state index in [0.717, 1.165) is 56.4 Å². The van der Waals surface area contributed by atoms with E-state index in [4.69, 9.17) is 9.97 Å². The van der Waals surface area contributed by atoms with E-state index in [1.807, 2.05) is 0 Å². The molecule has 63 heavy (non-hydrogen) atoms. The minimum absolute atomic E-state index is 0.00924. The molecule has 0 N–H and O–H groups in total. The van der Waals surface area contributed by atoms with Crippen LogP contribution in [0.3, 0.4) is 0 Å². The fraction of sp³-hybridized carbons (Fsp3) is 0.138. The Kier molecular flexibility index (Phi) is 7.67. The van der Waals surface area contributed by atoms with Gasteiger partial charge in [0.2, 0.25) is 5.95 Å². The molecule has 0 radical (unpaired) electrons. The monoisotopic (exact) mass is 828 g/mol. The lowest BCUT2D eigenvalue weighted by Gasteiger charge is -2.42. The number of hydrogen-bond donors (Lipinski definition) is 0. The van der Waals surface area contributed by atoms with Crippen molar-refractivity contribution < 1.29 is 0 Å². The van der Waals surface area contributed by atoms with E-state index in [-0.39, 0.29) is 10.8 Å². The molecule has 0 saturated carbocycles. The van der Waals surface area contributed by atoms with Gasteiger partial charge in [-0.25, -0.2) is 9.97 Å². The maximum atomic E-state index is 5.71. The molecule has 0 atom stereocenters. The molecular weight excluding hydrogens is 785 g/mol. The molecule has 0 amide bonds. The third kappa shape index (κ3) is 5.33. The SMILES string of the molecule is CC1(C)CCC(C)(C)c2cc3c(cc21)c1c2c4ccc5ccccc5c4n(-c4ccccc4)c2ccc1n3-c1nc(-c2cccc(-c3ccccc3)c2)c2sc3ccccc3c2n1. The molecule has 0 spiro atoms. The van der Waals surface area contributed by atoms with Crippen molar-refractivity contribution in [3.63, 3.8) is 0 Å². The first-order valence-corrected chi connectivity index (χ1v) is 22.9. The van der Waals surface area contributed by atoms with E-state index >= 15 is 0 Å². The van der Waals surface area contributed by atoms with Crippen LogP contribution in [0.25, 0.3) is 109 Å². The van der Waals surface area contributed by atoms with E-state index in [2.05, 4.69) is 207 Å². The molecule has 0 fully saturated rings. The van der Waals surface area contributed by atoms with Crippen LogP contribution in [0.4, 0.5) is 0 Å². The maximum absolute atomic E-state index is 5.71. The van der Waals surface area contributed by atoms with Gasteiger partial charge in [-0.3, -0.25) is 4.57 Å². The zero-order chi connectivity index (χ0) is 42.2. The Morgan fingerprint density at radius 3 is 1.90 bits per heavy atom. The Bertz CT molecular complexity index is 3850. The highest BCUT2D eigenvalue weighted by Gasteiger charge is 2.38. The lowest BCUT2D eigenvalue weighted by atomic mass is 9.63. The number of hydrogen-bond acceptors (Lipinski definition) is 3. The van der Waals surface area contributed by atoms with Crippen LogP contribution in [0, 0.1) is 0 Å². The fourth-order valence-corrected chi connectivity index (χ4v) is 12.0. The fourth-order valence-electron chi connectivity index (χ4n) is 10.8. The van der Waals surface area contributed by atoms with Gasteiger partial charge < -0.3 is 4.57 Å². The van der Waals surface area contributed by atoms with E-state index in [1.54, 1.807) is 11.3 Å². The summed E-state index contributed by atoms with van der Waals surface area (Å²) >= 11 is 1.78. The van der Waals surface area contributed by atoms with Crippen molar-refractivity contribution in [1.29, 1.82) is 0 Å². The average molecular weight is 829 g/mol. The number of thiophene rings is 1. The van der Waals surface area contributed by atoms with Crippen LogP contribution in [0.5, 0.6) is 0 Å². The first-order chi connectivity index (χ1) is 30.7. The molecule has 1 aliphatic carbocycles. The highest BCUT2D eigenvalue weighted by atomic mass is 32.1. The summed E-state index contributed by atoms with van der Waals surface area (Å²) in [7, 11) is 0. The average Bonchev–Trinajstić information content (AvgIpc) is 3.98. The van der Waals surface area contributed by atoms with E-state index < -0.39 is 0 Å². The smallest absolute Gasteiger partial charge is 0.235 e. The Morgan fingerprint density at radius 2 is 1.11 bits per heavy atom. The lowest BCUT2D eigenvalue weighted by molar-refractivity contribution is 0.332. The Hall–Kier alpha value is -7.08. The molecule has 4 nitrogen and oxygen atoms in total. The molecular formula is C58H44N4S. The third-order valence-corrected chi connectivity index (χ3v) is 15.3. The predicted octanol–water partition coefficient (Wildman–Crippen LogP) is 15.9. The number of para-hydroxylation sites is 1. The van der Waals surface area contributed by atoms with Gasteiger partial charge in [0.25, 0.3) is 0 Å². The van der Waals surface area contributed by atoms with Crippen LogP contribution in [0.15, 0.2) is 170 Å². The summed E-state index contributed by atoms with van der Waals surface area (Å²) in [4.78, 5) is 11.4. The summed E-state index contributed by atoms with van der Waals surface area (Å²) in [5, 5.41) is 8.61. The number of nitrogens with zero attached hydrogens (tertiary/aromatic N) is 4. The van der Waals surface area contributed by atoms with Crippen LogP contribution < -0.4 is 0 Å². The van der Waals surface area contributed by atoms with Crippen molar-refractivity contribution in [3.05, 3.63) is 181 Å². The molecule has 12 aromatic rings. The topological polar surface area (TPSA) is 35.6 Å². The summed E-state index contributed by atoms with van der Waals surface area (Å²) in [5.74, 6) is 0.690. The predicted molar refractivity (Wildman–Crippen MR) is 267 cm³/mol. The quantitative estimate of drug-likeness (QED) is 0.177. The van der Waals surface area contributed by atoms with Gasteiger partial charge in [-0.05, 0) is 99.8 Å². The molecule has 0 bridgehead atoms. The van der Waals surface area contributed by atoms with Crippen LogP contribution in [0.1, 0.15) is 51.7 Å². The van der Waals surface area contributed by atoms with Crippen molar-refractivity contribution in [1.82, 2.24) is 19.1 Å². The van der Waals surface area contributed by atoms with Crippen molar-refractivity contribution >= 4 is 86.0 Å². The van der Waals surface area contributed by atoms with Gasteiger partial charge in [-0.2, -0.15) is 0 Å². The normalized spacial score (nSPS) is 14.8. The molecule has 0 saturated heterocycles. The van der Waals surface area contributed by atoms with E-state index in [0.29, 0.717) is 5.95 Å². The number of aromatic nitrogens is 4. The molecule has 4 aromatic heterocycles. The summed E-state index contributed by atoms with van der Waals surface area (Å²) in [5.41, 5.74) is 14.1. The molecule has 8 aromatic carbocycles. The highest BCUT2D eigenvalue weighted by Crippen LogP contribution is 2.51. The molecule has 5 heteroatoms. The van der Waals surface area contributed by atoms with Crippen molar-refractivity contribution in [2.45, 2.75) is 51.4 Å². The standard InChI is InChI=1S/C58H44N4S/c1-57(2)30-31-58(3,4)45-34-48-43(33-44(45)57)51-47(29-28-46-50(51)42-27-26-36-18-11-12-23-40(36)54(42)61(46)39-21-9-6-10-22-39)62(48)56-59-52(55-53(60-56)41-24-13-14-25-49(41)63-55)38-20-15-19-37(32-38)35-16-7-5-8-17-35/h5-29,32-34H,30-31H2,1-4H3. The largest absolute Gasteiger partial charge is 0.309 e. The molecule has 1 aliphatic rings. The van der Waals surface area contributed by atoms with Crippen LogP contribution in [0.2, 0.25) is 0 Å².